The van der Waals surface area contributed by atoms with E-state index in [-0.39, 0.29) is 5.78 Å². The number of nitrogens with one attached hydrogen (secondary N) is 1. The Hall–Kier alpha value is -2.17. The van der Waals surface area contributed by atoms with Crippen molar-refractivity contribution in [3.05, 3.63) is 65.7 Å². The maximum absolute atomic E-state index is 13.5. The summed E-state index contributed by atoms with van der Waals surface area (Å²) in [6.45, 7) is 6.43. The van der Waals surface area contributed by atoms with Gasteiger partial charge in [-0.1, -0.05) is 44.2 Å². The van der Waals surface area contributed by atoms with E-state index in [2.05, 4.69) is 36.2 Å². The minimum atomic E-state index is -0.551. The number of carbonyl (C=O) groups is 1. The van der Waals surface area contributed by atoms with Gasteiger partial charge in [-0.15, -0.1) is 0 Å². The molecule has 0 aliphatic heterocycles. The molecule has 152 valence electrons. The van der Waals surface area contributed by atoms with E-state index >= 15 is 0 Å². The Morgan fingerprint density at radius 2 is 1.68 bits per heavy atom. The van der Waals surface area contributed by atoms with Crippen LogP contribution < -0.4 is 5.32 Å². The number of benzene rings is 2. The summed E-state index contributed by atoms with van der Waals surface area (Å²) in [6.07, 6.45) is 2.48. The number of nitrogens with zero attached hydrogens (tertiary/aromatic N) is 1. The summed E-state index contributed by atoms with van der Waals surface area (Å²) < 4.78 is 5.49. The molecule has 0 heterocycles. The Morgan fingerprint density at radius 3 is 2.25 bits per heavy atom. The first-order valence-corrected chi connectivity index (χ1v) is 10.2. The predicted molar refractivity (Wildman–Crippen MR) is 117 cm³/mol. The van der Waals surface area contributed by atoms with Gasteiger partial charge in [0.25, 0.3) is 0 Å². The van der Waals surface area contributed by atoms with Crippen LogP contribution in [0, 0.1) is 0 Å². The molecule has 0 spiro atoms. The quantitative estimate of drug-likeness (QED) is 0.428. The first kappa shape index (κ1) is 22.1. The van der Waals surface area contributed by atoms with Crippen LogP contribution >= 0.6 is 0 Å². The van der Waals surface area contributed by atoms with Crippen molar-refractivity contribution in [2.75, 3.05) is 39.2 Å². The molecule has 28 heavy (non-hydrogen) atoms. The second kappa shape index (κ2) is 11.0. The summed E-state index contributed by atoms with van der Waals surface area (Å²) in [5.74, 6) is 0.168. The third-order valence-electron chi connectivity index (χ3n) is 5.27. The van der Waals surface area contributed by atoms with Gasteiger partial charge >= 0.3 is 0 Å². The molecule has 0 saturated heterocycles. The number of ketones is 1. The Labute approximate surface area is 169 Å². The third-order valence-corrected chi connectivity index (χ3v) is 5.27. The lowest BCUT2D eigenvalue weighted by molar-refractivity contribution is 0.0666. The van der Waals surface area contributed by atoms with E-state index in [9.17, 15) is 4.79 Å². The van der Waals surface area contributed by atoms with E-state index in [0.717, 1.165) is 37.2 Å². The van der Waals surface area contributed by atoms with Crippen LogP contribution in [0.15, 0.2) is 54.6 Å². The summed E-state index contributed by atoms with van der Waals surface area (Å²) in [7, 11) is 3.99. The number of carbonyl (C=O) groups excluding carboxylic acids is 1. The number of anilines is 1. The van der Waals surface area contributed by atoms with Crippen LogP contribution in [0.25, 0.3) is 0 Å². The van der Waals surface area contributed by atoms with Crippen LogP contribution in [0.4, 0.5) is 5.69 Å². The van der Waals surface area contributed by atoms with Crippen molar-refractivity contribution < 1.29 is 9.53 Å². The highest BCUT2D eigenvalue weighted by Gasteiger charge is 2.39. The first-order valence-electron chi connectivity index (χ1n) is 10.2. The van der Waals surface area contributed by atoms with Crippen LogP contribution in [0.5, 0.6) is 0 Å². The van der Waals surface area contributed by atoms with Crippen molar-refractivity contribution in [2.24, 2.45) is 0 Å². The largest absolute Gasteiger partial charge is 0.383 e. The lowest BCUT2D eigenvalue weighted by Gasteiger charge is -2.38. The van der Waals surface area contributed by atoms with Crippen LogP contribution in [-0.2, 0) is 11.2 Å². The molecule has 2 aromatic rings. The van der Waals surface area contributed by atoms with Gasteiger partial charge in [0.2, 0.25) is 0 Å². The topological polar surface area (TPSA) is 41.6 Å². The molecule has 1 N–H and O–H groups in total. The van der Waals surface area contributed by atoms with Gasteiger partial charge in [-0.05, 0) is 63.2 Å². The molecule has 0 aromatic heterocycles. The van der Waals surface area contributed by atoms with Gasteiger partial charge in [0.05, 0.1) is 12.1 Å². The molecule has 1 unspecified atom stereocenters. The highest BCUT2D eigenvalue weighted by molar-refractivity contribution is 6.03. The Morgan fingerprint density at radius 1 is 1.00 bits per heavy atom. The maximum atomic E-state index is 13.5. The Kier molecular flexibility index (Phi) is 8.68. The number of hydrogen-bond donors (Lipinski definition) is 1. The average molecular weight is 383 g/mol. The lowest BCUT2D eigenvalue weighted by Crippen LogP contribution is -2.52. The fraction of sp³-hybridized carbons (Fsp3) is 0.458. The molecule has 0 radical (unpaired) electrons. The summed E-state index contributed by atoms with van der Waals surface area (Å²) in [4.78, 5) is 15.6. The van der Waals surface area contributed by atoms with Crippen LogP contribution in [-0.4, -0.2) is 50.1 Å². The van der Waals surface area contributed by atoms with Crippen LogP contribution in [0.1, 0.15) is 42.6 Å². The van der Waals surface area contributed by atoms with E-state index in [1.807, 2.05) is 56.6 Å². The van der Waals surface area contributed by atoms with Gasteiger partial charge < -0.3 is 10.1 Å². The first-order chi connectivity index (χ1) is 13.5. The second-order valence-electron chi connectivity index (χ2n) is 7.39. The van der Waals surface area contributed by atoms with Crippen molar-refractivity contribution in [1.29, 1.82) is 0 Å². The van der Waals surface area contributed by atoms with Gasteiger partial charge in [-0.25, -0.2) is 0 Å². The van der Waals surface area contributed by atoms with Gasteiger partial charge in [0, 0.05) is 24.4 Å². The molecule has 0 fully saturated rings. The molecule has 0 aliphatic rings. The van der Waals surface area contributed by atoms with Crippen molar-refractivity contribution in [2.45, 2.75) is 38.6 Å². The minimum Gasteiger partial charge on any atom is -0.383 e. The molecule has 4 heteroatoms. The zero-order valence-corrected chi connectivity index (χ0v) is 17.7. The molecule has 2 rings (SSSR count). The van der Waals surface area contributed by atoms with Gasteiger partial charge in [-0.3, -0.25) is 9.69 Å². The summed E-state index contributed by atoms with van der Waals surface area (Å²) in [5, 5.41) is 3.34. The maximum Gasteiger partial charge on any atom is 0.183 e. The molecule has 1 atom stereocenters. The standard InChI is InChI=1S/C24H34N2O2/c1-5-17-28-18-16-25-22-14-12-21(13-15-22)23(27)24(6-2,26(3)4)19-20-10-8-7-9-11-20/h7-15,25H,5-6,16-19H2,1-4H3. The molecule has 2 aromatic carbocycles. The van der Waals surface area contributed by atoms with Crippen LogP contribution in [0.3, 0.4) is 0 Å². The van der Waals surface area contributed by atoms with Crippen molar-refractivity contribution in [3.8, 4) is 0 Å². The molecular formula is C24H34N2O2. The number of rotatable bonds is 12. The second-order valence-corrected chi connectivity index (χ2v) is 7.39. The van der Waals surface area contributed by atoms with Crippen molar-refractivity contribution in [3.63, 3.8) is 0 Å². The SMILES string of the molecule is CCCOCCNc1ccc(C(=O)C(CC)(Cc2ccccc2)N(C)C)cc1. The predicted octanol–water partition coefficient (Wildman–Crippen LogP) is 4.66. The van der Waals surface area contributed by atoms with E-state index in [4.69, 9.17) is 4.74 Å². The van der Waals surface area contributed by atoms with Crippen LogP contribution in [0.2, 0.25) is 0 Å². The monoisotopic (exact) mass is 382 g/mol. The fourth-order valence-electron chi connectivity index (χ4n) is 3.50. The average Bonchev–Trinajstić information content (AvgIpc) is 2.72. The minimum absolute atomic E-state index is 0.168. The molecular weight excluding hydrogens is 348 g/mol. The highest BCUT2D eigenvalue weighted by Crippen LogP contribution is 2.28. The van der Waals surface area contributed by atoms with Gasteiger partial charge in [0.15, 0.2) is 5.78 Å². The summed E-state index contributed by atoms with van der Waals surface area (Å²) in [5.41, 5.74) is 2.38. The zero-order valence-electron chi connectivity index (χ0n) is 17.7. The molecule has 0 bridgehead atoms. The fourth-order valence-corrected chi connectivity index (χ4v) is 3.50. The Bertz CT molecular complexity index is 713. The third kappa shape index (κ3) is 5.66. The van der Waals surface area contributed by atoms with E-state index in [1.165, 1.54) is 5.56 Å². The Balaban J connectivity index is 2.11. The van der Waals surface area contributed by atoms with Gasteiger partial charge in [0.1, 0.15) is 0 Å². The van der Waals surface area contributed by atoms with Gasteiger partial charge in [-0.2, -0.15) is 0 Å². The summed E-state index contributed by atoms with van der Waals surface area (Å²) in [6, 6.07) is 18.1. The van der Waals surface area contributed by atoms with Crippen molar-refractivity contribution >= 4 is 11.5 Å². The number of likely N-dealkylation sites (N-methyl/N-ethyl adjacent to an activating group) is 1. The van der Waals surface area contributed by atoms with E-state index in [0.29, 0.717) is 13.0 Å². The van der Waals surface area contributed by atoms with E-state index in [1.54, 1.807) is 0 Å². The molecule has 0 saturated carbocycles. The highest BCUT2D eigenvalue weighted by atomic mass is 16.5. The summed E-state index contributed by atoms with van der Waals surface area (Å²) >= 11 is 0. The number of hydrogen-bond acceptors (Lipinski definition) is 4. The number of Topliss-reactive ketones (excluding diaryl/α,β-unsaturated/α-hetero) is 1. The molecule has 0 amide bonds. The van der Waals surface area contributed by atoms with Crippen molar-refractivity contribution in [1.82, 2.24) is 4.90 Å². The van der Waals surface area contributed by atoms with E-state index < -0.39 is 5.54 Å². The smallest absolute Gasteiger partial charge is 0.183 e. The normalized spacial score (nSPS) is 13.3. The molecule has 4 nitrogen and oxygen atoms in total. The molecule has 0 aliphatic carbocycles. The lowest BCUT2D eigenvalue weighted by atomic mass is 9.80. The number of ether oxygens (including phenoxy) is 1. The zero-order chi connectivity index (χ0) is 20.4.